The minimum atomic E-state index is 0.547. The third-order valence-corrected chi connectivity index (χ3v) is 2.88. The largest absolute Gasteiger partial charge is 0.236 e. The van der Waals surface area contributed by atoms with Crippen molar-refractivity contribution in [3.63, 3.8) is 0 Å². The van der Waals surface area contributed by atoms with Crippen molar-refractivity contribution in [1.29, 1.82) is 0 Å². The van der Waals surface area contributed by atoms with Crippen LogP contribution >= 0.6 is 0 Å². The van der Waals surface area contributed by atoms with Crippen molar-refractivity contribution in [3.8, 4) is 11.5 Å². The van der Waals surface area contributed by atoms with Gasteiger partial charge >= 0.3 is 0 Å². The predicted octanol–water partition coefficient (Wildman–Crippen LogP) is 1.73. The Morgan fingerprint density at radius 1 is 1.00 bits per heavy atom. The molecule has 0 unspecified atom stereocenters. The van der Waals surface area contributed by atoms with Gasteiger partial charge in [0.05, 0.1) is 5.52 Å². The van der Waals surface area contributed by atoms with E-state index in [1.165, 1.54) is 0 Å². The summed E-state index contributed by atoms with van der Waals surface area (Å²) in [5.74, 6) is 0.547. The Morgan fingerprint density at radius 2 is 1.95 bits per heavy atom. The normalized spacial score (nSPS) is 11.2. The Labute approximate surface area is 107 Å². The fourth-order valence-corrected chi connectivity index (χ4v) is 2.01. The highest BCUT2D eigenvalue weighted by Gasteiger charge is 2.10. The van der Waals surface area contributed by atoms with E-state index in [0.717, 1.165) is 16.6 Å². The van der Waals surface area contributed by atoms with E-state index < -0.39 is 0 Å². The first kappa shape index (κ1) is 10.1. The second-order valence-electron chi connectivity index (χ2n) is 4.07. The highest BCUT2D eigenvalue weighted by Crippen LogP contribution is 2.18. The first-order valence-electron chi connectivity index (χ1n) is 5.80. The summed E-state index contributed by atoms with van der Waals surface area (Å²) in [6.07, 6.45) is 3.28. The van der Waals surface area contributed by atoms with Crippen LogP contribution in [0.4, 0.5) is 0 Å². The molecular weight excluding hydrogens is 240 g/mol. The highest BCUT2D eigenvalue weighted by molar-refractivity contribution is 5.91. The van der Waals surface area contributed by atoms with E-state index >= 15 is 0 Å². The van der Waals surface area contributed by atoms with E-state index in [0.29, 0.717) is 11.5 Å². The maximum absolute atomic E-state index is 4.52. The van der Waals surface area contributed by atoms with E-state index in [2.05, 4.69) is 25.3 Å². The lowest BCUT2D eigenvalue weighted by Gasteiger charge is -1.96. The van der Waals surface area contributed by atoms with E-state index in [1.54, 1.807) is 17.0 Å². The van der Waals surface area contributed by atoms with Gasteiger partial charge in [-0.25, -0.2) is 14.5 Å². The Balaban J connectivity index is 2.04. The quantitative estimate of drug-likeness (QED) is 0.513. The lowest BCUT2D eigenvalue weighted by Crippen LogP contribution is -1.91. The van der Waals surface area contributed by atoms with Crippen molar-refractivity contribution in [2.45, 2.75) is 0 Å². The molecule has 6 heteroatoms. The van der Waals surface area contributed by atoms with Gasteiger partial charge in [0, 0.05) is 11.6 Å². The predicted molar refractivity (Wildman–Crippen MR) is 69.3 cm³/mol. The average molecular weight is 248 g/mol. The minimum Gasteiger partial charge on any atom is -0.236 e. The summed E-state index contributed by atoms with van der Waals surface area (Å²) in [5, 5.41) is 13.2. The van der Waals surface area contributed by atoms with Crippen LogP contribution in [-0.4, -0.2) is 29.8 Å². The van der Waals surface area contributed by atoms with Crippen LogP contribution in [0.3, 0.4) is 0 Å². The minimum absolute atomic E-state index is 0.547. The molecular formula is C13H8N6. The van der Waals surface area contributed by atoms with Gasteiger partial charge in [0.15, 0.2) is 5.65 Å². The SMILES string of the molecule is c1cnnc(-c2nc3c4ccccc4ncn3n2)c1. The Kier molecular flexibility index (Phi) is 2.02. The maximum atomic E-state index is 4.52. The molecule has 1 aromatic carbocycles. The van der Waals surface area contributed by atoms with Gasteiger partial charge in [-0.15, -0.1) is 10.2 Å². The molecule has 4 aromatic rings. The van der Waals surface area contributed by atoms with Crippen LogP contribution in [0.1, 0.15) is 0 Å². The van der Waals surface area contributed by atoms with Crippen LogP contribution in [0.2, 0.25) is 0 Å². The first-order chi connectivity index (χ1) is 9.42. The Hall–Kier alpha value is -2.89. The van der Waals surface area contributed by atoms with Crippen LogP contribution in [0.15, 0.2) is 48.9 Å². The van der Waals surface area contributed by atoms with Crippen molar-refractivity contribution in [2.75, 3.05) is 0 Å². The molecule has 0 N–H and O–H groups in total. The molecule has 0 saturated carbocycles. The fraction of sp³-hybridized carbons (Fsp3) is 0. The molecule has 3 heterocycles. The number of fused-ring (bicyclic) bond motifs is 3. The van der Waals surface area contributed by atoms with Crippen LogP contribution in [0.25, 0.3) is 28.1 Å². The van der Waals surface area contributed by atoms with Crippen LogP contribution in [0.5, 0.6) is 0 Å². The van der Waals surface area contributed by atoms with Crippen molar-refractivity contribution >= 4 is 16.6 Å². The molecule has 4 rings (SSSR count). The summed E-state index contributed by atoms with van der Waals surface area (Å²) in [7, 11) is 0. The van der Waals surface area contributed by atoms with Gasteiger partial charge in [-0.3, -0.25) is 0 Å². The number of para-hydroxylation sites is 1. The summed E-state index contributed by atoms with van der Waals surface area (Å²) in [6.45, 7) is 0. The zero-order valence-corrected chi connectivity index (χ0v) is 9.80. The summed E-state index contributed by atoms with van der Waals surface area (Å²) < 4.78 is 1.66. The van der Waals surface area contributed by atoms with Gasteiger partial charge in [-0.1, -0.05) is 12.1 Å². The second-order valence-corrected chi connectivity index (χ2v) is 4.07. The molecule has 0 radical (unpaired) electrons. The topological polar surface area (TPSA) is 68.9 Å². The van der Waals surface area contributed by atoms with Crippen LogP contribution in [0, 0.1) is 0 Å². The Morgan fingerprint density at radius 3 is 2.84 bits per heavy atom. The number of nitrogens with zero attached hydrogens (tertiary/aromatic N) is 6. The van der Waals surface area contributed by atoms with Crippen molar-refractivity contribution in [3.05, 3.63) is 48.9 Å². The Bertz CT molecular complexity index is 868. The van der Waals surface area contributed by atoms with Gasteiger partial charge in [0.25, 0.3) is 0 Å². The van der Waals surface area contributed by atoms with E-state index in [9.17, 15) is 0 Å². The molecule has 0 atom stereocenters. The standard InChI is InChI=1S/C13H8N6/c1-2-5-10-9(4-1)13-16-12(18-19(13)8-14-10)11-6-3-7-15-17-11/h1-8H. The number of hydrogen-bond acceptors (Lipinski definition) is 5. The monoisotopic (exact) mass is 248 g/mol. The molecule has 0 aliphatic rings. The molecule has 0 fully saturated rings. The van der Waals surface area contributed by atoms with Gasteiger partial charge in [-0.05, 0) is 24.3 Å². The lowest BCUT2D eigenvalue weighted by molar-refractivity contribution is 0.928. The fourth-order valence-electron chi connectivity index (χ4n) is 2.01. The van der Waals surface area contributed by atoms with Crippen molar-refractivity contribution in [2.24, 2.45) is 0 Å². The third kappa shape index (κ3) is 1.54. The number of benzene rings is 1. The first-order valence-corrected chi connectivity index (χ1v) is 5.80. The summed E-state index contributed by atoms with van der Waals surface area (Å²) in [4.78, 5) is 8.86. The molecule has 19 heavy (non-hydrogen) atoms. The molecule has 0 aliphatic carbocycles. The van der Waals surface area contributed by atoms with Crippen molar-refractivity contribution in [1.82, 2.24) is 29.8 Å². The average Bonchev–Trinajstić information content (AvgIpc) is 2.93. The molecule has 0 spiro atoms. The zero-order valence-electron chi connectivity index (χ0n) is 9.80. The van der Waals surface area contributed by atoms with Gasteiger partial charge < -0.3 is 0 Å². The molecule has 0 amide bonds. The molecule has 6 nitrogen and oxygen atoms in total. The van der Waals surface area contributed by atoms with E-state index in [1.807, 2.05) is 36.4 Å². The second kappa shape index (κ2) is 3.81. The summed E-state index contributed by atoms with van der Waals surface area (Å²) >= 11 is 0. The van der Waals surface area contributed by atoms with Gasteiger partial charge in [0.1, 0.15) is 12.0 Å². The number of aromatic nitrogens is 6. The zero-order chi connectivity index (χ0) is 12.7. The third-order valence-electron chi connectivity index (χ3n) is 2.88. The molecule has 0 saturated heterocycles. The summed E-state index contributed by atoms with van der Waals surface area (Å²) in [6, 6.07) is 11.5. The van der Waals surface area contributed by atoms with Crippen molar-refractivity contribution < 1.29 is 0 Å². The smallest absolute Gasteiger partial charge is 0.202 e. The molecule has 0 bridgehead atoms. The molecule has 0 aliphatic heterocycles. The van der Waals surface area contributed by atoms with Crippen LogP contribution < -0.4 is 0 Å². The van der Waals surface area contributed by atoms with Crippen LogP contribution in [-0.2, 0) is 0 Å². The number of rotatable bonds is 1. The van der Waals surface area contributed by atoms with Gasteiger partial charge in [0.2, 0.25) is 5.82 Å². The maximum Gasteiger partial charge on any atom is 0.202 e. The molecule has 3 aromatic heterocycles. The number of hydrogen-bond donors (Lipinski definition) is 0. The highest BCUT2D eigenvalue weighted by atomic mass is 15.3. The molecule has 90 valence electrons. The van der Waals surface area contributed by atoms with Gasteiger partial charge in [-0.2, -0.15) is 5.10 Å². The lowest BCUT2D eigenvalue weighted by atomic mass is 10.2. The summed E-state index contributed by atoms with van der Waals surface area (Å²) in [5.41, 5.74) is 2.31. The van der Waals surface area contributed by atoms with E-state index in [-0.39, 0.29) is 0 Å². The van der Waals surface area contributed by atoms with E-state index in [4.69, 9.17) is 0 Å².